The molecule has 0 saturated carbocycles. The molecule has 0 radical (unpaired) electrons. The molecule has 5 atom stereocenters. The molecule has 3 rings (SSSR count). The molecular weight excluding hydrogens is 404 g/mol. The smallest absolute Gasteiger partial charge is 0.163 e. The van der Waals surface area contributed by atoms with Crippen LogP contribution in [0.2, 0.25) is 0 Å². The molecule has 1 N–H and O–H groups in total. The summed E-state index contributed by atoms with van der Waals surface area (Å²) in [5.41, 5.74) is 2.25. The number of hydrogen-bond acceptors (Lipinski definition) is 5. The first kappa shape index (κ1) is 24.7. The van der Waals surface area contributed by atoms with Crippen LogP contribution in [0.5, 0.6) is 5.75 Å². The van der Waals surface area contributed by atoms with Gasteiger partial charge < -0.3 is 24.1 Å². The number of aliphatic hydroxyl groups excluding tert-OH is 1. The number of rotatable bonds is 10. The second-order valence-electron chi connectivity index (χ2n) is 9.31. The van der Waals surface area contributed by atoms with Gasteiger partial charge in [0.15, 0.2) is 5.79 Å². The van der Waals surface area contributed by atoms with Crippen molar-refractivity contribution >= 4 is 0 Å². The summed E-state index contributed by atoms with van der Waals surface area (Å²) >= 11 is 0. The first-order valence-corrected chi connectivity index (χ1v) is 11.6. The maximum absolute atomic E-state index is 9.73. The van der Waals surface area contributed by atoms with E-state index in [1.807, 2.05) is 44.2 Å². The Bertz CT molecular complexity index is 822. The Labute approximate surface area is 192 Å². The van der Waals surface area contributed by atoms with Crippen molar-refractivity contribution in [3.05, 3.63) is 65.7 Å². The van der Waals surface area contributed by atoms with Crippen molar-refractivity contribution in [3.63, 3.8) is 0 Å². The average molecular weight is 443 g/mol. The molecule has 176 valence electrons. The van der Waals surface area contributed by atoms with Crippen LogP contribution in [-0.2, 0) is 20.8 Å². The fraction of sp³-hybridized carbons (Fsp3) is 0.556. The minimum Gasteiger partial charge on any atom is -0.489 e. The topological polar surface area (TPSA) is 57.2 Å². The van der Waals surface area contributed by atoms with Crippen molar-refractivity contribution in [2.24, 2.45) is 11.8 Å². The van der Waals surface area contributed by atoms with Gasteiger partial charge in [-0.15, -0.1) is 0 Å². The van der Waals surface area contributed by atoms with Crippen molar-refractivity contribution in [2.75, 3.05) is 13.7 Å². The van der Waals surface area contributed by atoms with Gasteiger partial charge in [0.2, 0.25) is 0 Å². The van der Waals surface area contributed by atoms with Gasteiger partial charge in [-0.3, -0.25) is 0 Å². The quantitative estimate of drug-likeness (QED) is 0.525. The predicted octanol–water partition coefficient (Wildman–Crippen LogP) is 5.52. The maximum Gasteiger partial charge on any atom is 0.163 e. The molecule has 1 saturated heterocycles. The van der Waals surface area contributed by atoms with E-state index in [0.29, 0.717) is 12.5 Å². The molecule has 5 nitrogen and oxygen atoms in total. The first-order chi connectivity index (χ1) is 15.3. The molecule has 0 aromatic heterocycles. The van der Waals surface area contributed by atoms with Crippen LogP contribution in [0.25, 0.3) is 0 Å². The lowest BCUT2D eigenvalue weighted by molar-refractivity contribution is -0.331. The van der Waals surface area contributed by atoms with Crippen LogP contribution in [0.4, 0.5) is 0 Å². The second kappa shape index (κ2) is 11.3. The highest BCUT2D eigenvalue weighted by Crippen LogP contribution is 2.37. The number of benzene rings is 2. The predicted molar refractivity (Wildman–Crippen MR) is 125 cm³/mol. The summed E-state index contributed by atoms with van der Waals surface area (Å²) in [4.78, 5) is 0. The molecule has 2 aromatic carbocycles. The standard InChI is InChI=1S/C27H38O5/c1-19(26-20(2)25(17-28)31-27(3,4)32-26)14-15-24(29-5)22-12-9-13-23(16-22)30-18-21-10-7-6-8-11-21/h6-13,16,19-20,24-26,28H,14-15,17-18H2,1-5H3/t19-,20-,24-,25-,26+/m0/s1. The fourth-order valence-electron chi connectivity index (χ4n) is 4.53. The highest BCUT2D eigenvalue weighted by molar-refractivity contribution is 5.30. The van der Waals surface area contributed by atoms with Gasteiger partial charge in [0.05, 0.1) is 24.9 Å². The minimum absolute atomic E-state index is 0.00759. The summed E-state index contributed by atoms with van der Waals surface area (Å²) in [5.74, 6) is 0.579. The van der Waals surface area contributed by atoms with E-state index in [1.165, 1.54) is 0 Å². The van der Waals surface area contributed by atoms with Crippen molar-refractivity contribution < 1.29 is 24.1 Å². The van der Waals surface area contributed by atoms with E-state index in [2.05, 4.69) is 38.1 Å². The molecule has 1 fully saturated rings. The molecule has 2 aromatic rings. The third-order valence-electron chi connectivity index (χ3n) is 6.35. The number of ether oxygens (including phenoxy) is 4. The highest BCUT2D eigenvalue weighted by Gasteiger charge is 2.42. The summed E-state index contributed by atoms with van der Waals surface area (Å²) in [5, 5.41) is 9.73. The van der Waals surface area contributed by atoms with Gasteiger partial charge >= 0.3 is 0 Å². The Morgan fingerprint density at radius 3 is 2.47 bits per heavy atom. The van der Waals surface area contributed by atoms with Crippen LogP contribution >= 0.6 is 0 Å². The summed E-state index contributed by atoms with van der Waals surface area (Å²) in [7, 11) is 1.76. The monoisotopic (exact) mass is 442 g/mol. The van der Waals surface area contributed by atoms with Crippen molar-refractivity contribution in [3.8, 4) is 5.75 Å². The van der Waals surface area contributed by atoms with Gasteiger partial charge in [-0.05, 0) is 55.9 Å². The summed E-state index contributed by atoms with van der Waals surface area (Å²) < 4.78 is 24.0. The SMILES string of the molecule is CO[C@@H](CC[C@H](C)[C@H]1OC(C)(C)O[C@@H](CO)[C@@H]1C)c1cccc(OCc2ccccc2)c1. The molecule has 1 heterocycles. The molecule has 1 aliphatic heterocycles. The molecule has 1 aliphatic rings. The molecule has 0 bridgehead atoms. The van der Waals surface area contributed by atoms with E-state index in [0.717, 1.165) is 29.7 Å². The van der Waals surface area contributed by atoms with Gasteiger partial charge in [0.25, 0.3) is 0 Å². The zero-order valence-electron chi connectivity index (χ0n) is 20.0. The molecule has 32 heavy (non-hydrogen) atoms. The van der Waals surface area contributed by atoms with E-state index in [1.54, 1.807) is 7.11 Å². The van der Waals surface area contributed by atoms with E-state index in [9.17, 15) is 5.11 Å². The van der Waals surface area contributed by atoms with Gasteiger partial charge in [0, 0.05) is 13.0 Å². The second-order valence-corrected chi connectivity index (χ2v) is 9.31. The maximum atomic E-state index is 9.73. The first-order valence-electron chi connectivity index (χ1n) is 11.6. The Morgan fingerprint density at radius 1 is 1.03 bits per heavy atom. The Morgan fingerprint density at radius 2 is 1.78 bits per heavy atom. The molecular formula is C27H38O5. The Balaban J connectivity index is 1.60. The molecule has 0 unspecified atom stereocenters. The summed E-state index contributed by atoms with van der Waals surface area (Å²) in [6.45, 7) is 8.69. The van der Waals surface area contributed by atoms with Crippen LogP contribution in [0.3, 0.4) is 0 Å². The Hall–Kier alpha value is -1.92. The molecule has 0 spiro atoms. The zero-order valence-corrected chi connectivity index (χ0v) is 20.0. The molecule has 0 amide bonds. The minimum atomic E-state index is -0.691. The molecule has 5 heteroatoms. The van der Waals surface area contributed by atoms with Gasteiger partial charge in [-0.25, -0.2) is 0 Å². The third-order valence-corrected chi connectivity index (χ3v) is 6.35. The van der Waals surface area contributed by atoms with Gasteiger partial charge in [-0.1, -0.05) is 56.3 Å². The highest BCUT2D eigenvalue weighted by atomic mass is 16.7. The largest absolute Gasteiger partial charge is 0.489 e. The van der Waals surface area contributed by atoms with Crippen LogP contribution in [0.15, 0.2) is 54.6 Å². The van der Waals surface area contributed by atoms with E-state index in [-0.39, 0.29) is 30.8 Å². The van der Waals surface area contributed by atoms with Crippen LogP contribution in [-0.4, -0.2) is 36.8 Å². The fourth-order valence-corrected chi connectivity index (χ4v) is 4.53. The van der Waals surface area contributed by atoms with E-state index < -0.39 is 5.79 Å². The van der Waals surface area contributed by atoms with Crippen molar-refractivity contribution in [1.82, 2.24) is 0 Å². The summed E-state index contributed by atoms with van der Waals surface area (Å²) in [6.07, 6.45) is 1.61. The lowest BCUT2D eigenvalue weighted by Crippen LogP contribution is -2.53. The van der Waals surface area contributed by atoms with Crippen LogP contribution < -0.4 is 4.74 Å². The van der Waals surface area contributed by atoms with Gasteiger partial charge in [-0.2, -0.15) is 0 Å². The normalized spacial score (nSPS) is 24.6. The Kier molecular flexibility index (Phi) is 8.72. The van der Waals surface area contributed by atoms with Crippen molar-refractivity contribution in [1.29, 1.82) is 0 Å². The van der Waals surface area contributed by atoms with E-state index >= 15 is 0 Å². The summed E-state index contributed by atoms with van der Waals surface area (Å²) in [6, 6.07) is 18.3. The average Bonchev–Trinajstić information content (AvgIpc) is 2.80. The van der Waals surface area contributed by atoms with Crippen LogP contribution in [0.1, 0.15) is 57.8 Å². The lowest BCUT2D eigenvalue weighted by Gasteiger charge is -2.46. The van der Waals surface area contributed by atoms with Crippen LogP contribution in [0, 0.1) is 11.8 Å². The number of aliphatic hydroxyl groups is 1. The third kappa shape index (κ3) is 6.55. The molecule has 0 aliphatic carbocycles. The van der Waals surface area contributed by atoms with E-state index in [4.69, 9.17) is 18.9 Å². The van der Waals surface area contributed by atoms with Crippen molar-refractivity contribution in [2.45, 2.75) is 71.2 Å². The lowest BCUT2D eigenvalue weighted by atomic mass is 9.84. The zero-order chi connectivity index (χ0) is 23.1. The van der Waals surface area contributed by atoms with Gasteiger partial charge in [0.1, 0.15) is 12.4 Å². The number of methoxy groups -OCH3 is 1. The number of hydrogen-bond donors (Lipinski definition) is 1.